The first kappa shape index (κ1) is 31.2. The Morgan fingerprint density at radius 3 is 2.26 bits per heavy atom. The minimum absolute atomic E-state index is 0.0126. The molecule has 0 spiro atoms. The first-order chi connectivity index (χ1) is 19.3. The molecule has 0 saturated heterocycles. The van der Waals surface area contributed by atoms with Gasteiger partial charge >= 0.3 is 0 Å². The number of ketones is 2. The number of amides is 2. The van der Waals surface area contributed by atoms with Crippen LogP contribution in [0.1, 0.15) is 38.3 Å². The second-order valence-electron chi connectivity index (χ2n) is 12.9. The van der Waals surface area contributed by atoms with Crippen molar-refractivity contribution in [2.75, 3.05) is 40.1 Å². The lowest BCUT2D eigenvalue weighted by atomic mass is 9.57. The molecule has 1 saturated carbocycles. The molecule has 4 rings (SSSR count). The van der Waals surface area contributed by atoms with Crippen LogP contribution in [0.4, 0.5) is 11.4 Å². The van der Waals surface area contributed by atoms with E-state index in [0.717, 1.165) is 4.90 Å². The molecule has 228 valence electrons. The van der Waals surface area contributed by atoms with Gasteiger partial charge in [-0.3, -0.25) is 19.2 Å². The summed E-state index contributed by atoms with van der Waals surface area (Å²) < 4.78 is 0. The van der Waals surface area contributed by atoms with E-state index in [1.807, 2.05) is 34.9 Å². The standard InChI is InChI=1S/C29H39N5O8/c1-28(2,3)31-11-17(35)32-15-10-16(33(4)5)13-8-12-9-14-21(34(6)7)24(38)20(27(30)41)26(40)29(14,42)25(39)18(12)23(37)19(13)22(15)36/h10,12,14,21,31,36-37,40,42H,8-9,11H2,1-7H3,(H2,30,41)(H,32,35)/p+2/t12-,14-,21-,29-/m0/s1. The lowest BCUT2D eigenvalue weighted by Crippen LogP contribution is -3.13. The zero-order valence-corrected chi connectivity index (χ0v) is 24.9. The van der Waals surface area contributed by atoms with Crippen LogP contribution >= 0.6 is 0 Å². The van der Waals surface area contributed by atoms with Gasteiger partial charge in [0, 0.05) is 22.7 Å². The van der Waals surface area contributed by atoms with Crippen molar-refractivity contribution in [2.24, 2.45) is 17.6 Å². The van der Waals surface area contributed by atoms with Gasteiger partial charge in [-0.1, -0.05) is 0 Å². The Morgan fingerprint density at radius 2 is 1.74 bits per heavy atom. The third-order valence-electron chi connectivity index (χ3n) is 8.41. The fourth-order valence-electron chi connectivity index (χ4n) is 6.49. The molecular formula is C29H41N5O8+2. The van der Waals surface area contributed by atoms with E-state index in [2.05, 4.69) is 10.6 Å². The highest BCUT2D eigenvalue weighted by Crippen LogP contribution is 2.53. The van der Waals surface area contributed by atoms with Crippen LogP contribution in [0.15, 0.2) is 23.0 Å². The molecule has 3 aliphatic carbocycles. The minimum Gasteiger partial charge on any atom is -0.508 e. The predicted molar refractivity (Wildman–Crippen MR) is 152 cm³/mol. The Balaban J connectivity index is 1.89. The molecule has 2 amide bonds. The van der Waals surface area contributed by atoms with Gasteiger partial charge in [-0.15, -0.1) is 0 Å². The van der Waals surface area contributed by atoms with Gasteiger partial charge in [-0.05, 0) is 39.5 Å². The predicted octanol–water partition coefficient (Wildman–Crippen LogP) is -2.35. The average molecular weight is 588 g/mol. The van der Waals surface area contributed by atoms with Crippen LogP contribution in [0.3, 0.4) is 0 Å². The number of carbonyl (C=O) groups excluding carboxylic acids is 4. The van der Waals surface area contributed by atoms with E-state index in [9.17, 15) is 39.6 Å². The van der Waals surface area contributed by atoms with E-state index in [0.29, 0.717) is 16.2 Å². The number of benzene rings is 1. The molecule has 10 N–H and O–H groups in total. The number of Topliss-reactive ketones (excluding diaryl/α,β-unsaturated/α-hetero) is 2. The Labute approximate surface area is 243 Å². The van der Waals surface area contributed by atoms with Gasteiger partial charge in [-0.2, -0.15) is 0 Å². The molecular weight excluding hydrogens is 546 g/mol. The van der Waals surface area contributed by atoms with Crippen molar-refractivity contribution in [2.45, 2.75) is 50.8 Å². The van der Waals surface area contributed by atoms with Gasteiger partial charge in [0.15, 0.2) is 17.4 Å². The first-order valence-electron chi connectivity index (χ1n) is 13.9. The summed E-state index contributed by atoms with van der Waals surface area (Å²) in [5, 5.41) is 51.4. The Morgan fingerprint density at radius 1 is 1.12 bits per heavy atom. The van der Waals surface area contributed by atoms with Gasteiger partial charge in [-0.25, -0.2) is 0 Å². The van der Waals surface area contributed by atoms with E-state index < -0.39 is 69.7 Å². The molecule has 0 unspecified atom stereocenters. The number of carbonyl (C=O) groups is 4. The van der Waals surface area contributed by atoms with Crippen molar-refractivity contribution in [1.82, 2.24) is 5.32 Å². The Hall–Kier alpha value is -3.78. The SMILES string of the molecule is C[NH+](C)c1cc(NC(=O)CNC(C)(C)C)c(O)c2c1C[C@H]1C[C@H]3[C@H]([NH+](C)C)C(=O)C(C(N)=O)=C(O)[C@@]3(O)C(=O)C1=C2O. The van der Waals surface area contributed by atoms with Crippen molar-refractivity contribution >= 4 is 40.5 Å². The minimum atomic E-state index is -2.70. The molecule has 0 heterocycles. The monoisotopic (exact) mass is 587 g/mol. The number of fused-ring (bicyclic) bond motifs is 3. The third kappa shape index (κ3) is 4.85. The number of likely N-dealkylation sites (N-methyl/N-ethyl adjacent to an activating group) is 1. The number of primary amides is 1. The fourth-order valence-corrected chi connectivity index (χ4v) is 6.49. The van der Waals surface area contributed by atoms with E-state index in [1.165, 1.54) is 0 Å². The van der Waals surface area contributed by atoms with Crippen LogP contribution in [0.2, 0.25) is 0 Å². The maximum absolute atomic E-state index is 14.1. The highest BCUT2D eigenvalue weighted by Gasteiger charge is 2.65. The molecule has 0 aromatic heterocycles. The molecule has 13 heteroatoms. The van der Waals surface area contributed by atoms with E-state index in [1.54, 1.807) is 20.2 Å². The largest absolute Gasteiger partial charge is 0.508 e. The number of nitrogens with one attached hydrogen (secondary N) is 4. The number of aliphatic hydroxyl groups is 3. The van der Waals surface area contributed by atoms with E-state index in [-0.39, 0.29) is 41.7 Å². The Bertz CT molecular complexity index is 1450. The number of hydrogen-bond donors (Lipinski definition) is 9. The summed E-state index contributed by atoms with van der Waals surface area (Å²) in [6.45, 7) is 5.64. The first-order valence-corrected chi connectivity index (χ1v) is 13.9. The number of rotatable bonds is 6. The summed E-state index contributed by atoms with van der Waals surface area (Å²) >= 11 is 0. The number of quaternary nitrogens is 2. The zero-order chi connectivity index (χ0) is 31.6. The molecule has 0 bridgehead atoms. The lowest BCUT2D eigenvalue weighted by molar-refractivity contribution is -0.880. The van der Waals surface area contributed by atoms with Crippen molar-refractivity contribution in [1.29, 1.82) is 0 Å². The van der Waals surface area contributed by atoms with Crippen LogP contribution in [0.5, 0.6) is 5.75 Å². The summed E-state index contributed by atoms with van der Waals surface area (Å²) in [5.41, 5.74) is 2.38. The smallest absolute Gasteiger partial charge is 0.256 e. The molecule has 4 atom stereocenters. The number of phenols is 1. The fraction of sp³-hybridized carbons (Fsp3) is 0.517. The number of aliphatic hydroxyl groups excluding tert-OH is 2. The highest BCUT2D eigenvalue weighted by atomic mass is 16.3. The normalized spacial score (nSPS) is 25.9. The maximum atomic E-state index is 14.1. The second-order valence-corrected chi connectivity index (χ2v) is 12.9. The molecule has 42 heavy (non-hydrogen) atoms. The molecule has 13 nitrogen and oxygen atoms in total. The maximum Gasteiger partial charge on any atom is 0.256 e. The van der Waals surface area contributed by atoms with Crippen molar-refractivity contribution in [3.63, 3.8) is 0 Å². The van der Waals surface area contributed by atoms with Crippen LogP contribution in [0, 0.1) is 11.8 Å². The van der Waals surface area contributed by atoms with Crippen molar-refractivity contribution < 1.29 is 49.4 Å². The van der Waals surface area contributed by atoms with Gasteiger partial charge in [0.1, 0.15) is 22.8 Å². The number of nitrogens with two attached hydrogens (primary N) is 1. The van der Waals surface area contributed by atoms with Gasteiger partial charge in [0.2, 0.25) is 17.5 Å². The van der Waals surface area contributed by atoms with Crippen LogP contribution in [0.25, 0.3) is 5.76 Å². The number of hydrogen-bond acceptors (Lipinski definition) is 9. The zero-order valence-electron chi connectivity index (χ0n) is 24.9. The molecule has 1 fully saturated rings. The number of aromatic hydroxyl groups is 1. The number of phenolic OH excluding ortho intramolecular Hbond substituents is 1. The third-order valence-corrected chi connectivity index (χ3v) is 8.41. The summed E-state index contributed by atoms with van der Waals surface area (Å²) in [6.07, 6.45) is 0.177. The summed E-state index contributed by atoms with van der Waals surface area (Å²) in [5.74, 6) is -7.57. The molecule has 3 aliphatic rings. The molecule has 0 radical (unpaired) electrons. The second kappa shape index (κ2) is 10.5. The molecule has 1 aromatic rings. The van der Waals surface area contributed by atoms with Gasteiger partial charge in [0.05, 0.1) is 51.9 Å². The molecule has 1 aromatic carbocycles. The summed E-state index contributed by atoms with van der Waals surface area (Å²) in [6, 6.07) is 0.539. The highest BCUT2D eigenvalue weighted by molar-refractivity contribution is 6.24. The quantitative estimate of drug-likeness (QED) is 0.0990. The summed E-state index contributed by atoms with van der Waals surface area (Å²) in [4.78, 5) is 53.5. The lowest BCUT2D eigenvalue weighted by Gasteiger charge is -2.48. The van der Waals surface area contributed by atoms with Crippen LogP contribution in [-0.2, 0) is 25.6 Å². The van der Waals surface area contributed by atoms with Gasteiger partial charge in [0.25, 0.3) is 5.91 Å². The van der Waals surface area contributed by atoms with Crippen molar-refractivity contribution in [3.05, 3.63) is 34.1 Å². The van der Waals surface area contributed by atoms with E-state index >= 15 is 0 Å². The molecule has 0 aliphatic heterocycles. The number of anilines is 1. The van der Waals surface area contributed by atoms with Crippen molar-refractivity contribution in [3.8, 4) is 5.75 Å². The van der Waals surface area contributed by atoms with Crippen LogP contribution in [-0.4, -0.2) is 95.7 Å². The average Bonchev–Trinajstić information content (AvgIpc) is 2.85. The van der Waals surface area contributed by atoms with Crippen LogP contribution < -0.4 is 26.2 Å². The van der Waals surface area contributed by atoms with E-state index in [4.69, 9.17) is 5.73 Å². The summed E-state index contributed by atoms with van der Waals surface area (Å²) in [7, 11) is 6.93. The van der Waals surface area contributed by atoms with Gasteiger partial charge < -0.3 is 46.6 Å². The Kier molecular flexibility index (Phi) is 7.78. The topological polar surface area (TPSA) is 208 Å².